The zero-order valence-corrected chi connectivity index (χ0v) is 10.8. The number of ether oxygens (including phenoxy) is 1. The van der Waals surface area contributed by atoms with Gasteiger partial charge in [0.15, 0.2) is 11.4 Å². The van der Waals surface area contributed by atoms with Crippen molar-refractivity contribution in [2.75, 3.05) is 7.11 Å². The fourth-order valence-corrected chi connectivity index (χ4v) is 1.46. The number of hydrogen-bond donors (Lipinski definition) is 3. The van der Waals surface area contributed by atoms with E-state index in [2.05, 4.69) is 20.0 Å². The van der Waals surface area contributed by atoms with Gasteiger partial charge in [0, 0.05) is 0 Å². The molecule has 0 aliphatic rings. The first-order chi connectivity index (χ1) is 8.88. The van der Waals surface area contributed by atoms with Gasteiger partial charge < -0.3 is 20.1 Å². The van der Waals surface area contributed by atoms with Crippen molar-refractivity contribution in [1.29, 1.82) is 0 Å². The molecule has 104 valence electrons. The molecule has 1 aromatic rings. The van der Waals surface area contributed by atoms with E-state index in [1.165, 1.54) is 7.11 Å². The number of hydrogen-bond acceptors (Lipinski definition) is 5. The first-order valence-electron chi connectivity index (χ1n) is 5.53. The summed E-state index contributed by atoms with van der Waals surface area (Å²) in [5, 5.41) is 11.3. The molecule has 0 aromatic carbocycles. The van der Waals surface area contributed by atoms with Crippen LogP contribution in [-0.4, -0.2) is 46.1 Å². The number of methoxy groups -OCH3 is 1. The molecular weight excluding hydrogens is 254 g/mol. The van der Waals surface area contributed by atoms with Crippen molar-refractivity contribution in [3.05, 3.63) is 17.7 Å². The third-order valence-electron chi connectivity index (χ3n) is 2.48. The Hall–Kier alpha value is -2.38. The summed E-state index contributed by atoms with van der Waals surface area (Å²) in [6, 6.07) is -0.865. The smallest absolute Gasteiger partial charge is 0.354 e. The van der Waals surface area contributed by atoms with Crippen molar-refractivity contribution < 1.29 is 24.2 Å². The van der Waals surface area contributed by atoms with Crippen molar-refractivity contribution in [2.24, 2.45) is 5.92 Å². The molecule has 19 heavy (non-hydrogen) atoms. The molecule has 0 spiro atoms. The normalized spacial score (nSPS) is 12.0. The molecule has 0 saturated carbocycles. The number of esters is 1. The third-order valence-corrected chi connectivity index (χ3v) is 2.48. The number of rotatable bonds is 5. The van der Waals surface area contributed by atoms with Gasteiger partial charge in [-0.15, -0.1) is 0 Å². The first-order valence-corrected chi connectivity index (χ1v) is 5.53. The van der Waals surface area contributed by atoms with E-state index in [-0.39, 0.29) is 17.3 Å². The van der Waals surface area contributed by atoms with E-state index < -0.39 is 23.9 Å². The van der Waals surface area contributed by atoms with Crippen molar-refractivity contribution in [1.82, 2.24) is 15.3 Å². The van der Waals surface area contributed by atoms with Crippen LogP contribution in [0.3, 0.4) is 0 Å². The summed E-state index contributed by atoms with van der Waals surface area (Å²) in [6.07, 6.45) is 1.10. The SMILES string of the molecule is COC(=O)C(NC(=O)c1nc[nH]c1C(=O)O)C(C)C. The van der Waals surface area contributed by atoms with E-state index in [0.29, 0.717) is 0 Å². The molecule has 0 radical (unpaired) electrons. The maximum Gasteiger partial charge on any atom is 0.354 e. The predicted octanol–water partition coefficient (Wildman–Crippen LogP) is 0.0353. The topological polar surface area (TPSA) is 121 Å². The largest absolute Gasteiger partial charge is 0.477 e. The average molecular weight is 269 g/mol. The molecule has 8 nitrogen and oxygen atoms in total. The Bertz CT molecular complexity index is 494. The average Bonchev–Trinajstić information content (AvgIpc) is 2.83. The highest BCUT2D eigenvalue weighted by Gasteiger charge is 2.28. The van der Waals surface area contributed by atoms with Crippen LogP contribution in [0, 0.1) is 5.92 Å². The van der Waals surface area contributed by atoms with Crippen LogP contribution in [0.5, 0.6) is 0 Å². The summed E-state index contributed by atoms with van der Waals surface area (Å²) in [4.78, 5) is 40.2. The third kappa shape index (κ3) is 3.30. The number of aromatic amines is 1. The zero-order chi connectivity index (χ0) is 14.6. The van der Waals surface area contributed by atoms with Crippen LogP contribution in [0.15, 0.2) is 6.33 Å². The van der Waals surface area contributed by atoms with Gasteiger partial charge in [-0.1, -0.05) is 13.8 Å². The maximum absolute atomic E-state index is 11.9. The number of amides is 1. The fraction of sp³-hybridized carbons (Fsp3) is 0.455. The van der Waals surface area contributed by atoms with E-state index in [9.17, 15) is 14.4 Å². The second-order valence-corrected chi connectivity index (χ2v) is 4.15. The lowest BCUT2D eigenvalue weighted by atomic mass is 10.0. The van der Waals surface area contributed by atoms with Crippen LogP contribution >= 0.6 is 0 Å². The molecule has 0 aliphatic carbocycles. The summed E-state index contributed by atoms with van der Waals surface area (Å²) in [6.45, 7) is 3.45. The number of nitrogens with one attached hydrogen (secondary N) is 2. The van der Waals surface area contributed by atoms with Crippen LogP contribution < -0.4 is 5.32 Å². The number of H-pyrrole nitrogens is 1. The molecule has 1 unspecified atom stereocenters. The van der Waals surface area contributed by atoms with Gasteiger partial charge >= 0.3 is 11.9 Å². The molecule has 1 aromatic heterocycles. The van der Waals surface area contributed by atoms with Gasteiger partial charge in [-0.3, -0.25) is 4.79 Å². The van der Waals surface area contributed by atoms with Gasteiger partial charge in [-0.05, 0) is 5.92 Å². The molecule has 0 aliphatic heterocycles. The highest BCUT2D eigenvalue weighted by atomic mass is 16.5. The second-order valence-electron chi connectivity index (χ2n) is 4.15. The van der Waals surface area contributed by atoms with Crippen LogP contribution in [0.25, 0.3) is 0 Å². The predicted molar refractivity (Wildman–Crippen MR) is 63.7 cm³/mol. The number of imidazole rings is 1. The quantitative estimate of drug-likeness (QED) is 0.648. The van der Waals surface area contributed by atoms with Crippen molar-refractivity contribution in [2.45, 2.75) is 19.9 Å². The monoisotopic (exact) mass is 269 g/mol. The van der Waals surface area contributed by atoms with Gasteiger partial charge in [0.2, 0.25) is 0 Å². The highest BCUT2D eigenvalue weighted by molar-refractivity contribution is 6.03. The number of carbonyl (C=O) groups is 3. The van der Waals surface area contributed by atoms with Crippen molar-refractivity contribution >= 4 is 17.8 Å². The lowest BCUT2D eigenvalue weighted by molar-refractivity contribution is -0.144. The molecule has 0 fully saturated rings. The minimum absolute atomic E-state index is 0.205. The standard InChI is InChI=1S/C11H15N3O5/c1-5(2)6(11(18)19-3)14-9(15)7-8(10(16)17)13-4-12-7/h4-6H,1-3H3,(H,12,13)(H,14,15)(H,16,17). The molecule has 1 amide bonds. The summed E-state index contributed by atoms with van der Waals surface area (Å²) < 4.78 is 4.57. The molecule has 8 heteroatoms. The van der Waals surface area contributed by atoms with E-state index in [1.807, 2.05) is 0 Å². The summed E-state index contributed by atoms with van der Waals surface area (Å²) in [7, 11) is 1.21. The van der Waals surface area contributed by atoms with Crippen LogP contribution in [-0.2, 0) is 9.53 Å². The number of aromatic carboxylic acids is 1. The van der Waals surface area contributed by atoms with Crippen LogP contribution in [0.1, 0.15) is 34.8 Å². The molecule has 0 saturated heterocycles. The van der Waals surface area contributed by atoms with Gasteiger partial charge in [0.05, 0.1) is 13.4 Å². The minimum atomic E-state index is -1.30. The van der Waals surface area contributed by atoms with Crippen LogP contribution in [0.4, 0.5) is 0 Å². The number of carboxylic acids is 1. The molecule has 3 N–H and O–H groups in total. The molecule has 1 atom stereocenters. The lowest BCUT2D eigenvalue weighted by Gasteiger charge is -2.19. The second kappa shape index (κ2) is 5.98. The van der Waals surface area contributed by atoms with Gasteiger partial charge in [-0.2, -0.15) is 0 Å². The summed E-state index contributed by atoms with van der Waals surface area (Å²) in [5.74, 6) is -2.86. The number of aromatic nitrogens is 2. The highest BCUT2D eigenvalue weighted by Crippen LogP contribution is 2.07. The Kier molecular flexibility index (Phi) is 4.62. The summed E-state index contributed by atoms with van der Waals surface area (Å²) >= 11 is 0. The van der Waals surface area contributed by atoms with E-state index >= 15 is 0 Å². The fourth-order valence-electron chi connectivity index (χ4n) is 1.46. The number of carboxylic acid groups (broad SMARTS) is 1. The Morgan fingerprint density at radius 3 is 2.53 bits per heavy atom. The Morgan fingerprint density at radius 2 is 2.05 bits per heavy atom. The van der Waals surface area contributed by atoms with E-state index in [4.69, 9.17) is 5.11 Å². The van der Waals surface area contributed by atoms with E-state index in [0.717, 1.165) is 6.33 Å². The van der Waals surface area contributed by atoms with Crippen LogP contribution in [0.2, 0.25) is 0 Å². The molecular formula is C11H15N3O5. The van der Waals surface area contributed by atoms with Gasteiger partial charge in [-0.25, -0.2) is 14.6 Å². The summed E-state index contributed by atoms with van der Waals surface area (Å²) in [5.41, 5.74) is -0.605. The number of nitrogens with zero attached hydrogens (tertiary/aromatic N) is 1. The Balaban J connectivity index is 2.91. The minimum Gasteiger partial charge on any atom is -0.477 e. The number of carbonyl (C=O) groups excluding carboxylic acids is 2. The van der Waals surface area contributed by atoms with Gasteiger partial charge in [0.25, 0.3) is 5.91 Å². The molecule has 1 rings (SSSR count). The maximum atomic E-state index is 11.9. The first kappa shape index (κ1) is 14.7. The zero-order valence-electron chi connectivity index (χ0n) is 10.8. The van der Waals surface area contributed by atoms with E-state index in [1.54, 1.807) is 13.8 Å². The Morgan fingerprint density at radius 1 is 1.42 bits per heavy atom. The molecule has 0 bridgehead atoms. The van der Waals surface area contributed by atoms with Crippen molar-refractivity contribution in [3.8, 4) is 0 Å². The Labute approximate surface area is 109 Å². The van der Waals surface area contributed by atoms with Gasteiger partial charge in [0.1, 0.15) is 6.04 Å². The lowest BCUT2D eigenvalue weighted by Crippen LogP contribution is -2.45. The molecule has 1 heterocycles. The van der Waals surface area contributed by atoms with Crippen molar-refractivity contribution in [3.63, 3.8) is 0 Å².